The van der Waals surface area contributed by atoms with Crippen LogP contribution in [-0.2, 0) is 0 Å². The highest BCUT2D eigenvalue weighted by atomic mass is 15.0. The van der Waals surface area contributed by atoms with Crippen molar-refractivity contribution in [2.45, 2.75) is 40.5 Å². The molecule has 3 nitrogen and oxygen atoms in total. The lowest BCUT2D eigenvalue weighted by Gasteiger charge is -2.14. The minimum atomic E-state index is 0.340. The van der Waals surface area contributed by atoms with Crippen LogP contribution in [0.25, 0.3) is 11.4 Å². The van der Waals surface area contributed by atoms with E-state index in [4.69, 9.17) is 5.73 Å². The lowest BCUT2D eigenvalue weighted by atomic mass is 10.0. The van der Waals surface area contributed by atoms with E-state index in [0.717, 1.165) is 22.6 Å². The second-order valence-electron chi connectivity index (χ2n) is 5.40. The number of nitrogens with zero attached hydrogens (tertiary/aromatic N) is 2. The first kappa shape index (κ1) is 13.5. The number of nitrogens with two attached hydrogens (primary N) is 1. The van der Waals surface area contributed by atoms with Crippen LogP contribution in [0.1, 0.15) is 42.1 Å². The van der Waals surface area contributed by atoms with Crippen molar-refractivity contribution in [1.82, 2.24) is 9.97 Å². The smallest absolute Gasteiger partial charge is 0.162 e. The Kier molecular flexibility index (Phi) is 3.56. The van der Waals surface area contributed by atoms with Crippen LogP contribution >= 0.6 is 0 Å². The maximum absolute atomic E-state index is 6.10. The Morgan fingerprint density at radius 1 is 1.05 bits per heavy atom. The summed E-state index contributed by atoms with van der Waals surface area (Å²) in [5.41, 5.74) is 11.5. The van der Waals surface area contributed by atoms with Crippen LogP contribution < -0.4 is 5.73 Å². The average Bonchev–Trinajstić information content (AvgIpc) is 2.30. The van der Waals surface area contributed by atoms with E-state index >= 15 is 0 Å². The van der Waals surface area contributed by atoms with Crippen LogP contribution in [0, 0.1) is 20.8 Å². The van der Waals surface area contributed by atoms with Crippen molar-refractivity contribution in [2.24, 2.45) is 0 Å². The topological polar surface area (TPSA) is 51.8 Å². The molecule has 1 heterocycles. The fourth-order valence-electron chi connectivity index (χ4n) is 2.41. The molecule has 0 bridgehead atoms. The van der Waals surface area contributed by atoms with Gasteiger partial charge in [-0.25, -0.2) is 9.97 Å². The predicted octanol–water partition coefficient (Wildman–Crippen LogP) is 3.77. The van der Waals surface area contributed by atoms with E-state index in [9.17, 15) is 0 Å². The normalized spacial score (nSPS) is 11.1. The first-order chi connectivity index (χ1) is 8.90. The molecule has 0 fully saturated rings. The van der Waals surface area contributed by atoms with Gasteiger partial charge in [0.1, 0.15) is 5.82 Å². The van der Waals surface area contributed by atoms with Crippen LogP contribution in [0.4, 0.5) is 5.82 Å². The summed E-state index contributed by atoms with van der Waals surface area (Å²) in [6, 6.07) is 6.30. The van der Waals surface area contributed by atoms with E-state index in [2.05, 4.69) is 55.9 Å². The molecule has 0 saturated heterocycles. The monoisotopic (exact) mass is 255 g/mol. The first-order valence-electron chi connectivity index (χ1n) is 6.61. The zero-order valence-electron chi connectivity index (χ0n) is 12.3. The van der Waals surface area contributed by atoms with Gasteiger partial charge >= 0.3 is 0 Å². The number of aromatic nitrogens is 2. The summed E-state index contributed by atoms with van der Waals surface area (Å²) in [6.07, 6.45) is 0. The van der Waals surface area contributed by atoms with Crippen LogP contribution in [0.5, 0.6) is 0 Å². The summed E-state index contributed by atoms with van der Waals surface area (Å²) in [6.45, 7) is 10.4. The molecule has 2 rings (SSSR count). The molecule has 0 aliphatic rings. The van der Waals surface area contributed by atoms with Crippen LogP contribution in [0.3, 0.4) is 0 Å². The van der Waals surface area contributed by atoms with Crippen molar-refractivity contribution in [3.05, 3.63) is 40.6 Å². The molecule has 0 atom stereocenters. The minimum absolute atomic E-state index is 0.340. The molecule has 0 saturated carbocycles. The van der Waals surface area contributed by atoms with E-state index in [1.54, 1.807) is 0 Å². The fraction of sp³-hybridized carbons (Fsp3) is 0.375. The number of nitrogen functional groups attached to an aromatic ring is 1. The summed E-state index contributed by atoms with van der Waals surface area (Å²) in [5, 5.41) is 0. The van der Waals surface area contributed by atoms with Gasteiger partial charge in [-0.3, -0.25) is 0 Å². The molecule has 2 aromatic rings. The van der Waals surface area contributed by atoms with Crippen LogP contribution in [0.2, 0.25) is 0 Å². The van der Waals surface area contributed by atoms with Crippen molar-refractivity contribution in [3.8, 4) is 11.4 Å². The van der Waals surface area contributed by atoms with E-state index in [1.807, 2.05) is 6.92 Å². The van der Waals surface area contributed by atoms with E-state index in [-0.39, 0.29) is 0 Å². The summed E-state index contributed by atoms with van der Waals surface area (Å²) in [7, 11) is 0. The van der Waals surface area contributed by atoms with Gasteiger partial charge < -0.3 is 5.73 Å². The summed E-state index contributed by atoms with van der Waals surface area (Å²) >= 11 is 0. The molecule has 0 aliphatic carbocycles. The molecule has 0 unspecified atom stereocenters. The molecular formula is C16H21N3. The average molecular weight is 255 g/mol. The highest BCUT2D eigenvalue weighted by Crippen LogP contribution is 2.27. The molecular weight excluding hydrogens is 234 g/mol. The standard InChI is InChI=1S/C16H21N3/c1-9(2)14-12(5)18-16(19-15(14)17)13-8-10(3)6-7-11(13)4/h6-9H,1-5H3,(H2,17,18,19). The molecule has 0 radical (unpaired) electrons. The highest BCUT2D eigenvalue weighted by Gasteiger charge is 2.14. The molecule has 1 aromatic heterocycles. The number of rotatable bonds is 2. The van der Waals surface area contributed by atoms with Gasteiger partial charge in [-0.2, -0.15) is 0 Å². The van der Waals surface area contributed by atoms with Crippen molar-refractivity contribution >= 4 is 5.82 Å². The van der Waals surface area contributed by atoms with Crippen molar-refractivity contribution in [1.29, 1.82) is 0 Å². The largest absolute Gasteiger partial charge is 0.383 e. The summed E-state index contributed by atoms with van der Waals surface area (Å²) in [5.74, 6) is 1.66. The Balaban J connectivity index is 2.62. The Morgan fingerprint density at radius 3 is 2.32 bits per heavy atom. The minimum Gasteiger partial charge on any atom is -0.383 e. The third-order valence-electron chi connectivity index (χ3n) is 3.38. The van der Waals surface area contributed by atoms with Crippen molar-refractivity contribution < 1.29 is 0 Å². The van der Waals surface area contributed by atoms with Crippen LogP contribution in [0.15, 0.2) is 18.2 Å². The predicted molar refractivity (Wildman–Crippen MR) is 80.2 cm³/mol. The number of anilines is 1. The second-order valence-corrected chi connectivity index (χ2v) is 5.40. The molecule has 0 aliphatic heterocycles. The lowest BCUT2D eigenvalue weighted by molar-refractivity contribution is 0.836. The van der Waals surface area contributed by atoms with Gasteiger partial charge in [0.15, 0.2) is 5.82 Å². The second kappa shape index (κ2) is 5.00. The molecule has 19 heavy (non-hydrogen) atoms. The Bertz CT molecular complexity index is 592. The van der Waals surface area contributed by atoms with Gasteiger partial charge in [-0.1, -0.05) is 31.5 Å². The molecule has 2 N–H and O–H groups in total. The zero-order valence-corrected chi connectivity index (χ0v) is 12.3. The molecule has 0 amide bonds. The highest BCUT2D eigenvalue weighted by molar-refractivity contribution is 5.63. The van der Waals surface area contributed by atoms with E-state index in [0.29, 0.717) is 11.7 Å². The lowest BCUT2D eigenvalue weighted by Crippen LogP contribution is -2.07. The quantitative estimate of drug-likeness (QED) is 0.888. The molecule has 3 heteroatoms. The van der Waals surface area contributed by atoms with Gasteiger partial charge in [-0.05, 0) is 38.3 Å². The Labute approximate surface area is 114 Å². The van der Waals surface area contributed by atoms with Gasteiger partial charge in [0.2, 0.25) is 0 Å². The summed E-state index contributed by atoms with van der Waals surface area (Å²) < 4.78 is 0. The third-order valence-corrected chi connectivity index (χ3v) is 3.38. The SMILES string of the molecule is Cc1ccc(C)c(-c2nc(C)c(C(C)C)c(N)n2)c1. The molecule has 100 valence electrons. The van der Waals surface area contributed by atoms with Crippen molar-refractivity contribution in [3.63, 3.8) is 0 Å². The van der Waals surface area contributed by atoms with Gasteiger partial charge in [0, 0.05) is 16.8 Å². The van der Waals surface area contributed by atoms with E-state index < -0.39 is 0 Å². The maximum Gasteiger partial charge on any atom is 0.162 e. The van der Waals surface area contributed by atoms with E-state index in [1.165, 1.54) is 11.1 Å². The number of hydrogen-bond acceptors (Lipinski definition) is 3. The summed E-state index contributed by atoms with van der Waals surface area (Å²) in [4.78, 5) is 9.13. The third kappa shape index (κ3) is 2.60. The number of hydrogen-bond donors (Lipinski definition) is 1. The van der Waals surface area contributed by atoms with Gasteiger partial charge in [0.05, 0.1) is 0 Å². The van der Waals surface area contributed by atoms with Crippen molar-refractivity contribution in [2.75, 3.05) is 5.73 Å². The zero-order chi connectivity index (χ0) is 14.2. The Morgan fingerprint density at radius 2 is 1.74 bits per heavy atom. The number of benzene rings is 1. The Hall–Kier alpha value is -1.90. The molecule has 1 aromatic carbocycles. The van der Waals surface area contributed by atoms with Gasteiger partial charge in [-0.15, -0.1) is 0 Å². The van der Waals surface area contributed by atoms with Crippen LogP contribution in [-0.4, -0.2) is 9.97 Å². The van der Waals surface area contributed by atoms with Gasteiger partial charge in [0.25, 0.3) is 0 Å². The molecule has 0 spiro atoms. The number of aryl methyl sites for hydroxylation is 3. The fourth-order valence-corrected chi connectivity index (χ4v) is 2.41. The first-order valence-corrected chi connectivity index (χ1v) is 6.61. The maximum atomic E-state index is 6.10.